The molecule has 19 heavy (non-hydrogen) atoms. The van der Waals surface area contributed by atoms with Gasteiger partial charge < -0.3 is 5.32 Å². The molecule has 0 aliphatic heterocycles. The second-order valence-corrected chi connectivity index (χ2v) is 7.11. The first-order valence-electron chi connectivity index (χ1n) is 8.05. The van der Waals surface area contributed by atoms with Crippen LogP contribution in [-0.2, 0) is 6.42 Å². The summed E-state index contributed by atoms with van der Waals surface area (Å²) in [7, 11) is 0. The Hall–Kier alpha value is -0.340. The zero-order chi connectivity index (χ0) is 13.7. The molecule has 3 atom stereocenters. The van der Waals surface area contributed by atoms with Gasteiger partial charge in [0.25, 0.3) is 0 Å². The van der Waals surface area contributed by atoms with Gasteiger partial charge in [-0.2, -0.15) is 0 Å². The van der Waals surface area contributed by atoms with Gasteiger partial charge in [-0.05, 0) is 61.6 Å². The number of thiophene rings is 1. The van der Waals surface area contributed by atoms with E-state index in [0.29, 0.717) is 6.04 Å². The van der Waals surface area contributed by atoms with Crippen molar-refractivity contribution in [2.75, 3.05) is 6.54 Å². The molecule has 2 rings (SSSR count). The van der Waals surface area contributed by atoms with Crippen molar-refractivity contribution < 1.29 is 0 Å². The molecule has 2 heteroatoms. The van der Waals surface area contributed by atoms with Crippen LogP contribution in [0.4, 0.5) is 0 Å². The first-order chi connectivity index (χ1) is 9.26. The summed E-state index contributed by atoms with van der Waals surface area (Å²) in [6, 6.07) is 3.07. The second kappa shape index (κ2) is 7.44. The monoisotopic (exact) mass is 279 g/mol. The van der Waals surface area contributed by atoms with Gasteiger partial charge in [-0.25, -0.2) is 0 Å². The van der Waals surface area contributed by atoms with E-state index in [1.807, 2.05) is 11.3 Å². The quantitative estimate of drug-likeness (QED) is 0.743. The highest BCUT2D eigenvalue weighted by molar-refractivity contribution is 7.10. The van der Waals surface area contributed by atoms with Gasteiger partial charge in [-0.3, -0.25) is 0 Å². The third kappa shape index (κ3) is 3.82. The zero-order valence-corrected chi connectivity index (χ0v) is 13.6. The summed E-state index contributed by atoms with van der Waals surface area (Å²) < 4.78 is 0. The van der Waals surface area contributed by atoms with Gasteiger partial charge in [-0.15, -0.1) is 11.3 Å². The van der Waals surface area contributed by atoms with Crippen molar-refractivity contribution in [1.82, 2.24) is 5.32 Å². The summed E-state index contributed by atoms with van der Waals surface area (Å²) in [5, 5.41) is 6.13. The largest absolute Gasteiger partial charge is 0.313 e. The summed E-state index contributed by atoms with van der Waals surface area (Å²) in [6.45, 7) is 8.15. The molecule has 1 heterocycles. The average Bonchev–Trinajstić information content (AvgIpc) is 2.91. The Morgan fingerprint density at radius 2 is 2.26 bits per heavy atom. The van der Waals surface area contributed by atoms with Crippen LogP contribution in [0, 0.1) is 5.92 Å². The second-order valence-electron chi connectivity index (χ2n) is 6.11. The molecule has 1 aromatic rings. The van der Waals surface area contributed by atoms with E-state index in [2.05, 4.69) is 37.5 Å². The fourth-order valence-electron chi connectivity index (χ4n) is 3.26. The lowest BCUT2D eigenvalue weighted by molar-refractivity contribution is 0.327. The smallest absolute Gasteiger partial charge is 0.0139 e. The topological polar surface area (TPSA) is 12.0 Å². The van der Waals surface area contributed by atoms with Crippen LogP contribution in [0.5, 0.6) is 0 Å². The maximum absolute atomic E-state index is 3.84. The van der Waals surface area contributed by atoms with Crippen molar-refractivity contribution in [3.63, 3.8) is 0 Å². The molecule has 108 valence electrons. The molecule has 0 radical (unpaired) electrons. The summed E-state index contributed by atoms with van der Waals surface area (Å²) in [5.74, 6) is 1.59. The highest BCUT2D eigenvalue weighted by atomic mass is 32.1. The molecule has 0 bridgehead atoms. The molecule has 0 saturated heterocycles. The first kappa shape index (κ1) is 15.1. The molecular formula is C17H29NS. The van der Waals surface area contributed by atoms with Crippen LogP contribution >= 0.6 is 11.3 Å². The van der Waals surface area contributed by atoms with E-state index in [-0.39, 0.29) is 0 Å². The number of hydrogen-bond acceptors (Lipinski definition) is 2. The SMILES string of the molecule is CCCNC(CC(C)CC)C1CCCc2sccc21. The van der Waals surface area contributed by atoms with Crippen LogP contribution in [0.25, 0.3) is 0 Å². The van der Waals surface area contributed by atoms with Crippen molar-refractivity contribution in [3.05, 3.63) is 21.9 Å². The Morgan fingerprint density at radius 1 is 1.42 bits per heavy atom. The van der Waals surface area contributed by atoms with E-state index < -0.39 is 0 Å². The summed E-state index contributed by atoms with van der Waals surface area (Å²) in [4.78, 5) is 1.66. The lowest BCUT2D eigenvalue weighted by Crippen LogP contribution is -2.38. The maximum atomic E-state index is 3.84. The first-order valence-corrected chi connectivity index (χ1v) is 8.93. The number of fused-ring (bicyclic) bond motifs is 1. The van der Waals surface area contributed by atoms with E-state index in [1.165, 1.54) is 38.5 Å². The Bertz CT molecular complexity index is 371. The van der Waals surface area contributed by atoms with Crippen molar-refractivity contribution in [3.8, 4) is 0 Å². The van der Waals surface area contributed by atoms with Crippen molar-refractivity contribution in [1.29, 1.82) is 0 Å². The Balaban J connectivity index is 2.10. The summed E-state index contributed by atoms with van der Waals surface area (Å²) in [5.41, 5.74) is 1.66. The van der Waals surface area contributed by atoms with Gasteiger partial charge in [-0.1, -0.05) is 27.2 Å². The lowest BCUT2D eigenvalue weighted by Gasteiger charge is -2.33. The molecule has 0 spiro atoms. The Morgan fingerprint density at radius 3 is 3.00 bits per heavy atom. The number of hydrogen-bond donors (Lipinski definition) is 1. The van der Waals surface area contributed by atoms with Gasteiger partial charge in [0.2, 0.25) is 0 Å². The highest BCUT2D eigenvalue weighted by Gasteiger charge is 2.28. The van der Waals surface area contributed by atoms with Gasteiger partial charge in [0.15, 0.2) is 0 Å². The third-order valence-corrected chi connectivity index (χ3v) is 5.59. The van der Waals surface area contributed by atoms with Gasteiger partial charge in [0.1, 0.15) is 0 Å². The maximum Gasteiger partial charge on any atom is 0.0139 e. The van der Waals surface area contributed by atoms with Crippen molar-refractivity contribution in [2.45, 2.75) is 71.3 Å². The van der Waals surface area contributed by atoms with Crippen LogP contribution in [0.1, 0.15) is 69.2 Å². The molecule has 1 nitrogen and oxygen atoms in total. The summed E-state index contributed by atoms with van der Waals surface area (Å²) in [6.07, 6.45) is 7.93. The summed E-state index contributed by atoms with van der Waals surface area (Å²) >= 11 is 1.97. The molecule has 1 aliphatic rings. The average molecular weight is 279 g/mol. The highest BCUT2D eigenvalue weighted by Crippen LogP contribution is 2.38. The van der Waals surface area contributed by atoms with Gasteiger partial charge >= 0.3 is 0 Å². The fourth-order valence-corrected chi connectivity index (χ4v) is 4.26. The van der Waals surface area contributed by atoms with Crippen molar-refractivity contribution >= 4 is 11.3 Å². The third-order valence-electron chi connectivity index (χ3n) is 4.59. The molecule has 1 aromatic heterocycles. The molecule has 0 aromatic carbocycles. The van der Waals surface area contributed by atoms with Crippen LogP contribution in [0.2, 0.25) is 0 Å². The van der Waals surface area contributed by atoms with E-state index in [9.17, 15) is 0 Å². The van der Waals surface area contributed by atoms with Crippen molar-refractivity contribution in [2.24, 2.45) is 5.92 Å². The number of nitrogens with one attached hydrogen (secondary N) is 1. The zero-order valence-electron chi connectivity index (χ0n) is 12.7. The van der Waals surface area contributed by atoms with E-state index in [4.69, 9.17) is 0 Å². The minimum Gasteiger partial charge on any atom is -0.313 e. The molecule has 1 N–H and O–H groups in total. The van der Waals surface area contributed by atoms with Crippen LogP contribution < -0.4 is 5.32 Å². The minimum absolute atomic E-state index is 0.684. The predicted molar refractivity (Wildman–Crippen MR) is 86.2 cm³/mol. The standard InChI is InChI=1S/C17H29NS/c1-4-10-18-16(12-13(3)5-2)14-7-6-8-17-15(14)9-11-19-17/h9,11,13-14,16,18H,4-8,10,12H2,1-3H3. The fraction of sp³-hybridized carbons (Fsp3) is 0.765. The Labute approximate surface area is 122 Å². The normalized spacial score (nSPS) is 21.9. The van der Waals surface area contributed by atoms with Crippen LogP contribution in [0.3, 0.4) is 0 Å². The number of aryl methyl sites for hydroxylation is 1. The van der Waals surface area contributed by atoms with E-state index >= 15 is 0 Å². The molecular weight excluding hydrogens is 250 g/mol. The lowest BCUT2D eigenvalue weighted by atomic mass is 9.79. The van der Waals surface area contributed by atoms with E-state index in [1.54, 1.807) is 10.4 Å². The van der Waals surface area contributed by atoms with E-state index in [0.717, 1.165) is 18.4 Å². The minimum atomic E-state index is 0.684. The molecule has 1 aliphatic carbocycles. The molecule has 0 fully saturated rings. The van der Waals surface area contributed by atoms with Crippen LogP contribution in [-0.4, -0.2) is 12.6 Å². The molecule has 3 unspecified atom stereocenters. The molecule has 0 amide bonds. The number of rotatable bonds is 7. The molecule has 0 saturated carbocycles. The van der Waals surface area contributed by atoms with Gasteiger partial charge in [0.05, 0.1) is 0 Å². The Kier molecular flexibility index (Phi) is 5.90. The van der Waals surface area contributed by atoms with Crippen LogP contribution in [0.15, 0.2) is 11.4 Å². The predicted octanol–water partition coefficient (Wildman–Crippen LogP) is 4.97. The van der Waals surface area contributed by atoms with Gasteiger partial charge in [0, 0.05) is 16.8 Å².